The first kappa shape index (κ1) is 17.8. The zero-order chi connectivity index (χ0) is 18.4. The predicted molar refractivity (Wildman–Crippen MR) is 101 cm³/mol. The molecule has 0 unspecified atom stereocenters. The second-order valence-corrected chi connectivity index (χ2v) is 6.16. The van der Waals surface area contributed by atoms with Gasteiger partial charge in [0, 0.05) is 37.6 Å². The molecular weight excluding hydrogens is 330 g/mol. The number of para-hydroxylation sites is 1. The van der Waals surface area contributed by atoms with E-state index in [2.05, 4.69) is 22.3 Å². The van der Waals surface area contributed by atoms with Gasteiger partial charge in [-0.25, -0.2) is 0 Å². The van der Waals surface area contributed by atoms with Crippen molar-refractivity contribution in [3.05, 3.63) is 54.6 Å². The number of hydrogen-bond acceptors (Lipinski definition) is 4. The summed E-state index contributed by atoms with van der Waals surface area (Å²) in [5, 5.41) is 2.75. The van der Waals surface area contributed by atoms with Crippen LogP contribution in [0.5, 0.6) is 5.75 Å². The van der Waals surface area contributed by atoms with Crippen LogP contribution in [0.25, 0.3) is 0 Å². The van der Waals surface area contributed by atoms with Crippen LogP contribution in [0.4, 0.5) is 11.4 Å². The maximum Gasteiger partial charge on any atom is 0.233 e. The molecule has 2 aromatic carbocycles. The number of nitrogens with zero attached hydrogens (tertiary/aromatic N) is 2. The van der Waals surface area contributed by atoms with Gasteiger partial charge < -0.3 is 19.9 Å². The first-order chi connectivity index (χ1) is 12.7. The third-order valence-electron chi connectivity index (χ3n) is 4.44. The van der Waals surface area contributed by atoms with Gasteiger partial charge in [0.25, 0.3) is 0 Å². The van der Waals surface area contributed by atoms with Crippen LogP contribution in [-0.4, -0.2) is 50.0 Å². The van der Waals surface area contributed by atoms with E-state index in [1.165, 1.54) is 0 Å². The lowest BCUT2D eigenvalue weighted by Gasteiger charge is -2.36. The Morgan fingerprint density at radius 3 is 2.23 bits per heavy atom. The van der Waals surface area contributed by atoms with Gasteiger partial charge in [-0.1, -0.05) is 18.2 Å². The molecule has 136 valence electrons. The van der Waals surface area contributed by atoms with Gasteiger partial charge in [-0.05, 0) is 36.4 Å². The highest BCUT2D eigenvalue weighted by molar-refractivity contribution is 6.03. The summed E-state index contributed by atoms with van der Waals surface area (Å²) in [6, 6.07) is 17.2. The summed E-state index contributed by atoms with van der Waals surface area (Å²) in [4.78, 5) is 28.5. The molecule has 0 radical (unpaired) electrons. The van der Waals surface area contributed by atoms with Crippen LogP contribution in [0.2, 0.25) is 0 Å². The Balaban J connectivity index is 1.47. The molecule has 1 aliphatic heterocycles. The maximum absolute atomic E-state index is 12.4. The Bertz CT molecular complexity index is 739. The van der Waals surface area contributed by atoms with Crippen molar-refractivity contribution in [1.29, 1.82) is 0 Å². The number of rotatable bonds is 5. The minimum atomic E-state index is -0.300. The molecule has 0 spiro atoms. The summed E-state index contributed by atoms with van der Waals surface area (Å²) in [5.74, 6) is 0.282. The third-order valence-corrected chi connectivity index (χ3v) is 4.44. The van der Waals surface area contributed by atoms with E-state index in [4.69, 9.17) is 4.74 Å². The molecule has 0 aliphatic carbocycles. The molecule has 1 aliphatic rings. The van der Waals surface area contributed by atoms with Gasteiger partial charge in [-0.2, -0.15) is 0 Å². The van der Waals surface area contributed by atoms with Crippen LogP contribution in [0.1, 0.15) is 6.42 Å². The molecule has 0 bridgehead atoms. The molecule has 6 heteroatoms. The van der Waals surface area contributed by atoms with Gasteiger partial charge in [0.05, 0.1) is 7.11 Å². The van der Waals surface area contributed by atoms with E-state index in [1.807, 2.05) is 18.2 Å². The fraction of sp³-hybridized carbons (Fsp3) is 0.300. The smallest absolute Gasteiger partial charge is 0.233 e. The Kier molecular flexibility index (Phi) is 5.73. The van der Waals surface area contributed by atoms with Crippen molar-refractivity contribution in [2.75, 3.05) is 43.5 Å². The van der Waals surface area contributed by atoms with E-state index in [9.17, 15) is 9.59 Å². The maximum atomic E-state index is 12.4. The number of carbonyl (C=O) groups excluding carboxylic acids is 2. The summed E-state index contributed by atoms with van der Waals surface area (Å²) in [6.07, 6.45) is -0.142. The first-order valence-corrected chi connectivity index (χ1v) is 8.67. The lowest BCUT2D eigenvalue weighted by molar-refractivity contribution is -0.134. The van der Waals surface area contributed by atoms with Gasteiger partial charge in [0.1, 0.15) is 12.2 Å². The summed E-state index contributed by atoms with van der Waals surface area (Å²) < 4.78 is 5.08. The lowest BCUT2D eigenvalue weighted by Crippen LogP contribution is -2.49. The molecule has 6 nitrogen and oxygen atoms in total. The largest absolute Gasteiger partial charge is 0.497 e. The zero-order valence-electron chi connectivity index (χ0n) is 14.9. The molecule has 1 heterocycles. The highest BCUT2D eigenvalue weighted by Gasteiger charge is 2.22. The van der Waals surface area contributed by atoms with Crippen LogP contribution in [0.3, 0.4) is 0 Å². The Morgan fingerprint density at radius 1 is 0.962 bits per heavy atom. The number of ether oxygens (including phenoxy) is 1. The topological polar surface area (TPSA) is 61.9 Å². The second kappa shape index (κ2) is 8.38. The molecule has 26 heavy (non-hydrogen) atoms. The normalized spacial score (nSPS) is 14.0. The standard InChI is InChI=1S/C20H23N3O3/c1-26-18-9-7-16(8-10-18)21-19(24)15-20(25)23-13-11-22(12-14-23)17-5-3-2-4-6-17/h2-10H,11-15H2,1H3,(H,21,24). The summed E-state index contributed by atoms with van der Waals surface area (Å²) >= 11 is 0. The van der Waals surface area contributed by atoms with E-state index >= 15 is 0 Å². The van der Waals surface area contributed by atoms with E-state index in [0.717, 1.165) is 24.5 Å². The van der Waals surface area contributed by atoms with Gasteiger partial charge in [0.15, 0.2) is 0 Å². The summed E-state index contributed by atoms with van der Waals surface area (Å²) in [6.45, 7) is 2.80. The first-order valence-electron chi connectivity index (χ1n) is 8.67. The van der Waals surface area contributed by atoms with Gasteiger partial charge >= 0.3 is 0 Å². The zero-order valence-corrected chi connectivity index (χ0v) is 14.9. The van der Waals surface area contributed by atoms with Crippen LogP contribution < -0.4 is 15.0 Å². The number of anilines is 2. The Morgan fingerprint density at radius 2 is 1.62 bits per heavy atom. The molecule has 0 atom stereocenters. The highest BCUT2D eigenvalue weighted by Crippen LogP contribution is 2.17. The fourth-order valence-electron chi connectivity index (χ4n) is 2.98. The number of carbonyl (C=O) groups is 2. The minimum absolute atomic E-state index is 0.135. The molecule has 3 rings (SSSR count). The van der Waals surface area contributed by atoms with Crippen molar-refractivity contribution in [3.8, 4) is 5.75 Å². The van der Waals surface area contributed by atoms with E-state index in [-0.39, 0.29) is 18.2 Å². The van der Waals surface area contributed by atoms with E-state index in [1.54, 1.807) is 36.3 Å². The highest BCUT2D eigenvalue weighted by atomic mass is 16.5. The molecule has 2 aromatic rings. The molecule has 1 saturated heterocycles. The average Bonchev–Trinajstić information content (AvgIpc) is 2.69. The quantitative estimate of drug-likeness (QED) is 0.839. The summed E-state index contributed by atoms with van der Waals surface area (Å²) in [5.41, 5.74) is 1.81. The third kappa shape index (κ3) is 4.53. The van der Waals surface area contributed by atoms with Crippen molar-refractivity contribution >= 4 is 23.2 Å². The Hall–Kier alpha value is -3.02. The van der Waals surface area contributed by atoms with Gasteiger partial charge in [-0.3, -0.25) is 9.59 Å². The number of amides is 2. The van der Waals surface area contributed by atoms with Crippen molar-refractivity contribution in [2.45, 2.75) is 6.42 Å². The molecule has 0 saturated carbocycles. The fourth-order valence-corrected chi connectivity index (χ4v) is 2.98. The molecule has 2 amide bonds. The van der Waals surface area contributed by atoms with E-state index in [0.29, 0.717) is 18.8 Å². The molecule has 1 fully saturated rings. The molecule has 1 N–H and O–H groups in total. The predicted octanol–water partition coefficient (Wildman–Crippen LogP) is 2.37. The average molecular weight is 353 g/mol. The number of benzene rings is 2. The van der Waals surface area contributed by atoms with Crippen LogP contribution >= 0.6 is 0 Å². The number of hydrogen-bond donors (Lipinski definition) is 1. The van der Waals surface area contributed by atoms with Crippen molar-refractivity contribution in [2.24, 2.45) is 0 Å². The number of piperazine rings is 1. The van der Waals surface area contributed by atoms with E-state index < -0.39 is 0 Å². The van der Waals surface area contributed by atoms with Crippen molar-refractivity contribution in [1.82, 2.24) is 4.90 Å². The number of methoxy groups -OCH3 is 1. The van der Waals surface area contributed by atoms with Gasteiger partial charge in [0.2, 0.25) is 11.8 Å². The van der Waals surface area contributed by atoms with Crippen LogP contribution in [0, 0.1) is 0 Å². The minimum Gasteiger partial charge on any atom is -0.497 e. The SMILES string of the molecule is COc1ccc(NC(=O)CC(=O)N2CCN(c3ccccc3)CC2)cc1. The lowest BCUT2D eigenvalue weighted by atomic mass is 10.2. The Labute approximate surface area is 153 Å². The number of nitrogens with one attached hydrogen (secondary N) is 1. The van der Waals surface area contributed by atoms with Crippen LogP contribution in [0.15, 0.2) is 54.6 Å². The van der Waals surface area contributed by atoms with Crippen molar-refractivity contribution < 1.29 is 14.3 Å². The summed E-state index contributed by atoms with van der Waals surface area (Å²) in [7, 11) is 1.59. The second-order valence-electron chi connectivity index (χ2n) is 6.16. The molecular formula is C20H23N3O3. The van der Waals surface area contributed by atoms with Crippen molar-refractivity contribution in [3.63, 3.8) is 0 Å². The van der Waals surface area contributed by atoms with Crippen LogP contribution in [-0.2, 0) is 9.59 Å². The molecule has 0 aromatic heterocycles. The van der Waals surface area contributed by atoms with Gasteiger partial charge in [-0.15, -0.1) is 0 Å². The monoisotopic (exact) mass is 353 g/mol.